The van der Waals surface area contributed by atoms with E-state index in [2.05, 4.69) is 67.8 Å². The molecule has 0 spiro atoms. The fourth-order valence-corrected chi connectivity index (χ4v) is 5.49. The van der Waals surface area contributed by atoms with Crippen molar-refractivity contribution in [1.82, 2.24) is 0 Å². The van der Waals surface area contributed by atoms with E-state index in [0.29, 0.717) is 16.7 Å². The average Bonchev–Trinajstić information content (AvgIpc) is 2.64. The maximum absolute atomic E-state index is 12.2. The first kappa shape index (κ1) is 25.7. The van der Waals surface area contributed by atoms with Gasteiger partial charge in [0.05, 0.1) is 10.5 Å². The van der Waals surface area contributed by atoms with Crippen LogP contribution in [0.3, 0.4) is 0 Å². The molecule has 1 N–H and O–H groups in total. The Bertz CT molecular complexity index is 1090. The smallest absolute Gasteiger partial charge is 0.349 e. The van der Waals surface area contributed by atoms with Gasteiger partial charge in [0, 0.05) is 10.7 Å². The third kappa shape index (κ3) is 6.49. The Hall–Kier alpha value is -0.520. The predicted octanol–water partition coefficient (Wildman–Crippen LogP) is 4.94. The number of aryl methyl sites for hydroxylation is 1. The normalized spacial score (nSPS) is 11.5. The van der Waals surface area contributed by atoms with Gasteiger partial charge in [-0.3, -0.25) is 4.55 Å². The molecule has 7 nitrogen and oxygen atoms in total. The lowest BCUT2D eigenvalue weighted by Crippen LogP contribution is -2.20. The molecule has 0 unspecified atom stereocenters. The molecule has 0 saturated heterocycles. The van der Waals surface area contributed by atoms with Crippen molar-refractivity contribution < 1.29 is 32.0 Å². The number of benzene rings is 2. The first-order chi connectivity index (χ1) is 13.8. The van der Waals surface area contributed by atoms with Gasteiger partial charge in [0.15, 0.2) is 6.61 Å². The van der Waals surface area contributed by atoms with E-state index in [1.165, 1.54) is 12.1 Å². The summed E-state index contributed by atoms with van der Waals surface area (Å²) in [7, 11) is -4.42. The molecule has 0 aliphatic rings. The Labute approximate surface area is 215 Å². The van der Waals surface area contributed by atoms with E-state index in [4.69, 9.17) is 9.47 Å². The van der Waals surface area contributed by atoms with E-state index in [1.807, 2.05) is 0 Å². The molecule has 0 amide bonds. The van der Waals surface area contributed by atoms with E-state index in [9.17, 15) is 22.6 Å². The molecule has 0 radical (unpaired) electrons. The summed E-state index contributed by atoms with van der Waals surface area (Å²) in [6.07, 6.45) is 0. The van der Waals surface area contributed by atoms with Gasteiger partial charge in [-0.25, -0.2) is 9.59 Å². The van der Waals surface area contributed by atoms with E-state index >= 15 is 0 Å². The van der Waals surface area contributed by atoms with Gasteiger partial charge in [-0.05, 0) is 116 Å². The zero-order chi connectivity index (χ0) is 22.8. The number of ether oxygens (including phenoxy) is 2. The number of esters is 2. The van der Waals surface area contributed by atoms with Crippen molar-refractivity contribution in [2.75, 3.05) is 6.61 Å². The van der Waals surface area contributed by atoms with Gasteiger partial charge in [0.25, 0.3) is 10.1 Å². The van der Waals surface area contributed by atoms with Crippen LogP contribution < -0.4 is 4.74 Å². The van der Waals surface area contributed by atoms with Crippen molar-refractivity contribution in [2.24, 2.45) is 0 Å². The molecule has 2 aromatic rings. The van der Waals surface area contributed by atoms with Crippen LogP contribution in [0.5, 0.6) is 5.75 Å². The summed E-state index contributed by atoms with van der Waals surface area (Å²) >= 11 is 6.40. The van der Waals surface area contributed by atoms with Gasteiger partial charge in [-0.1, -0.05) is 13.8 Å². The van der Waals surface area contributed by atoms with Crippen LogP contribution in [0.1, 0.15) is 41.3 Å². The number of hydrogen-bond acceptors (Lipinski definition) is 6. The van der Waals surface area contributed by atoms with Crippen molar-refractivity contribution in [3.8, 4) is 5.75 Å². The second-order valence-electron chi connectivity index (χ2n) is 6.59. The highest BCUT2D eigenvalue weighted by atomic mass is 127. The molecular weight excluding hydrogens is 753 g/mol. The minimum Gasteiger partial charge on any atom is -0.450 e. The summed E-state index contributed by atoms with van der Waals surface area (Å²) in [5, 5.41) is 0. The highest BCUT2D eigenvalue weighted by molar-refractivity contribution is 14.1. The first-order valence-corrected chi connectivity index (χ1v) is 13.1. The lowest BCUT2D eigenvalue weighted by molar-refractivity contribution is -0.137. The standard InChI is InChI=1S/C19H17I3O7S/c1-9(2)12-7-15(10(3)4-16(12)30(25,26)27)29-17(23)8-28-19(24)11-5-13(20)18(22)14(21)6-11/h4-7,9H,8H2,1-3H3,(H,25,26,27). The van der Waals surface area contributed by atoms with Crippen molar-refractivity contribution >= 4 is 89.8 Å². The molecule has 30 heavy (non-hydrogen) atoms. The van der Waals surface area contributed by atoms with Gasteiger partial charge in [-0.2, -0.15) is 8.42 Å². The van der Waals surface area contributed by atoms with Crippen LogP contribution in [0.2, 0.25) is 0 Å². The lowest BCUT2D eigenvalue weighted by atomic mass is 10.0. The van der Waals surface area contributed by atoms with Crippen LogP contribution in [0.15, 0.2) is 29.2 Å². The molecule has 0 aromatic heterocycles. The van der Waals surface area contributed by atoms with Crippen molar-refractivity contribution in [1.29, 1.82) is 0 Å². The topological polar surface area (TPSA) is 107 Å². The summed E-state index contributed by atoms with van der Waals surface area (Å²) in [5.74, 6) is -1.58. The number of carbonyl (C=O) groups is 2. The summed E-state index contributed by atoms with van der Waals surface area (Å²) in [6.45, 7) is 4.43. The second-order valence-corrected chi connectivity index (χ2v) is 11.4. The van der Waals surface area contributed by atoms with Gasteiger partial charge in [0.2, 0.25) is 0 Å². The molecule has 0 aliphatic heterocycles. The average molecular weight is 770 g/mol. The van der Waals surface area contributed by atoms with Gasteiger partial charge >= 0.3 is 11.9 Å². The SMILES string of the molecule is Cc1cc(S(=O)(=O)O)c(C(C)C)cc1OC(=O)COC(=O)c1cc(I)c(I)c(I)c1. The largest absolute Gasteiger partial charge is 0.450 e. The van der Waals surface area contributed by atoms with Gasteiger partial charge in [0.1, 0.15) is 5.75 Å². The second kappa shape index (κ2) is 10.4. The summed E-state index contributed by atoms with van der Waals surface area (Å²) in [4.78, 5) is 24.2. The number of carbonyl (C=O) groups excluding carboxylic acids is 2. The Morgan fingerprint density at radius 1 is 1.07 bits per heavy atom. The zero-order valence-corrected chi connectivity index (χ0v) is 23.3. The molecule has 0 heterocycles. The molecule has 0 atom stereocenters. The number of halogens is 3. The molecular formula is C19H17I3O7S. The molecule has 0 saturated carbocycles. The van der Waals surface area contributed by atoms with E-state index in [0.717, 1.165) is 10.7 Å². The first-order valence-electron chi connectivity index (χ1n) is 8.45. The molecule has 162 valence electrons. The third-order valence-electron chi connectivity index (χ3n) is 3.97. The fourth-order valence-electron chi connectivity index (χ4n) is 2.50. The van der Waals surface area contributed by atoms with E-state index < -0.39 is 28.7 Å². The monoisotopic (exact) mass is 770 g/mol. The Morgan fingerprint density at radius 3 is 2.13 bits per heavy atom. The van der Waals surface area contributed by atoms with E-state index in [-0.39, 0.29) is 16.6 Å². The minimum absolute atomic E-state index is 0.130. The molecule has 0 aliphatic carbocycles. The minimum atomic E-state index is -4.42. The Morgan fingerprint density at radius 2 is 1.63 bits per heavy atom. The molecule has 0 fully saturated rings. The quantitative estimate of drug-likeness (QED) is 0.146. The maximum atomic E-state index is 12.2. The van der Waals surface area contributed by atoms with Crippen LogP contribution >= 0.6 is 67.8 Å². The van der Waals surface area contributed by atoms with Crippen molar-refractivity contribution in [3.63, 3.8) is 0 Å². The summed E-state index contributed by atoms with van der Waals surface area (Å²) < 4.78 is 45.8. The third-order valence-corrected chi connectivity index (χ3v) is 9.81. The molecule has 2 aromatic carbocycles. The van der Waals surface area contributed by atoms with Crippen LogP contribution in [0.25, 0.3) is 0 Å². The summed E-state index contributed by atoms with van der Waals surface area (Å²) in [5.41, 5.74) is 0.979. The lowest BCUT2D eigenvalue weighted by Gasteiger charge is -2.15. The predicted molar refractivity (Wildman–Crippen MR) is 136 cm³/mol. The van der Waals surface area contributed by atoms with Crippen LogP contribution in [-0.4, -0.2) is 31.5 Å². The van der Waals surface area contributed by atoms with Crippen LogP contribution in [0, 0.1) is 17.6 Å². The Balaban J connectivity index is 2.15. The van der Waals surface area contributed by atoms with Gasteiger partial charge < -0.3 is 9.47 Å². The Kier molecular flexibility index (Phi) is 8.92. The molecule has 0 bridgehead atoms. The van der Waals surface area contributed by atoms with Crippen molar-refractivity contribution in [3.05, 3.63) is 51.7 Å². The maximum Gasteiger partial charge on any atom is 0.349 e. The summed E-state index contributed by atoms with van der Waals surface area (Å²) in [6, 6.07) is 5.98. The van der Waals surface area contributed by atoms with Crippen LogP contribution in [0.4, 0.5) is 0 Å². The zero-order valence-electron chi connectivity index (χ0n) is 16.0. The number of hydrogen-bond donors (Lipinski definition) is 1. The number of rotatable bonds is 6. The molecule has 11 heteroatoms. The highest BCUT2D eigenvalue weighted by Crippen LogP contribution is 2.31. The molecule has 2 rings (SSSR count). The fraction of sp³-hybridized carbons (Fsp3) is 0.263. The highest BCUT2D eigenvalue weighted by Gasteiger charge is 2.22. The van der Waals surface area contributed by atoms with Crippen LogP contribution in [-0.2, 0) is 19.6 Å². The van der Waals surface area contributed by atoms with Gasteiger partial charge in [-0.15, -0.1) is 0 Å². The van der Waals surface area contributed by atoms with Crippen molar-refractivity contribution in [2.45, 2.75) is 31.6 Å². The van der Waals surface area contributed by atoms with E-state index in [1.54, 1.807) is 32.9 Å².